The van der Waals surface area contributed by atoms with Gasteiger partial charge in [-0.2, -0.15) is 0 Å². The lowest BCUT2D eigenvalue weighted by Gasteiger charge is -2.03. The summed E-state index contributed by atoms with van der Waals surface area (Å²) in [5.74, 6) is -0.658. The summed E-state index contributed by atoms with van der Waals surface area (Å²) < 4.78 is 0. The molecule has 1 unspecified atom stereocenters. The molecule has 24 heavy (non-hydrogen) atoms. The van der Waals surface area contributed by atoms with E-state index in [9.17, 15) is 14.9 Å². The Morgan fingerprint density at radius 2 is 1.71 bits per heavy atom. The Morgan fingerprint density at radius 1 is 1.08 bits per heavy atom. The lowest BCUT2D eigenvalue weighted by atomic mass is 10.1. The van der Waals surface area contributed by atoms with Gasteiger partial charge in [-0.05, 0) is 17.2 Å². The minimum atomic E-state index is -1.47. The van der Waals surface area contributed by atoms with E-state index >= 15 is 0 Å². The fraction of sp³-hybridized carbons (Fsp3) is 0.111. The molecule has 1 N–H and O–H groups in total. The van der Waals surface area contributed by atoms with Crippen LogP contribution in [-0.4, -0.2) is 22.6 Å². The normalized spacial score (nSPS) is 20.3. The van der Waals surface area contributed by atoms with Crippen LogP contribution in [0.5, 0.6) is 0 Å². The van der Waals surface area contributed by atoms with Crippen molar-refractivity contribution in [2.24, 2.45) is 4.99 Å². The third kappa shape index (κ3) is 3.38. The lowest BCUT2D eigenvalue weighted by Crippen LogP contribution is -2.33. The van der Waals surface area contributed by atoms with Crippen molar-refractivity contribution in [1.82, 2.24) is 5.32 Å². The molecule has 2 aromatic carbocycles. The van der Waals surface area contributed by atoms with Gasteiger partial charge in [0.15, 0.2) is 0 Å². The number of carbonyl (C=O) groups excluding carboxylic acids is 1. The van der Waals surface area contributed by atoms with Crippen molar-refractivity contribution in [2.75, 3.05) is 0 Å². The highest BCUT2D eigenvalue weighted by atomic mass is 16.6. The largest absolute Gasteiger partial charge is 0.333 e. The van der Waals surface area contributed by atoms with Crippen molar-refractivity contribution >= 4 is 17.7 Å². The predicted octanol–water partition coefficient (Wildman–Crippen LogP) is 2.44. The summed E-state index contributed by atoms with van der Waals surface area (Å²) in [4.78, 5) is 27.0. The summed E-state index contributed by atoms with van der Waals surface area (Å²) in [6.45, 7) is 0.279. The van der Waals surface area contributed by atoms with Gasteiger partial charge in [-0.3, -0.25) is 19.9 Å². The monoisotopic (exact) mass is 321 g/mol. The molecule has 0 spiro atoms. The van der Waals surface area contributed by atoms with Crippen LogP contribution in [0.4, 0.5) is 0 Å². The van der Waals surface area contributed by atoms with E-state index in [4.69, 9.17) is 0 Å². The average Bonchev–Trinajstić information content (AvgIpc) is 2.90. The van der Waals surface area contributed by atoms with Gasteiger partial charge in [-0.1, -0.05) is 60.7 Å². The van der Waals surface area contributed by atoms with Gasteiger partial charge in [0, 0.05) is 4.92 Å². The second-order valence-corrected chi connectivity index (χ2v) is 5.33. The standard InChI is InChI=1S/C18H15N3O3/c22-18-17(21(23)24)16(19-12-14-9-5-2-6-10-14)15(20-18)11-13-7-3-1-4-8-13/h1-11,17H,12H2,(H,20,22). The smallest absolute Gasteiger partial charge is 0.318 e. The molecule has 1 atom stereocenters. The number of carbonyl (C=O) groups is 1. The first-order valence-corrected chi connectivity index (χ1v) is 7.45. The van der Waals surface area contributed by atoms with Crippen LogP contribution in [-0.2, 0) is 11.3 Å². The van der Waals surface area contributed by atoms with Crippen LogP contribution in [0.15, 0.2) is 71.4 Å². The van der Waals surface area contributed by atoms with Crippen molar-refractivity contribution < 1.29 is 9.72 Å². The van der Waals surface area contributed by atoms with Crippen LogP contribution >= 0.6 is 0 Å². The highest BCUT2D eigenvalue weighted by Crippen LogP contribution is 2.17. The number of nitro groups is 1. The number of rotatable bonds is 4. The van der Waals surface area contributed by atoms with E-state index in [-0.39, 0.29) is 12.3 Å². The minimum absolute atomic E-state index is 0.165. The van der Waals surface area contributed by atoms with Gasteiger partial charge in [-0.25, -0.2) is 0 Å². The van der Waals surface area contributed by atoms with Crippen molar-refractivity contribution in [3.63, 3.8) is 0 Å². The zero-order chi connectivity index (χ0) is 16.9. The maximum Gasteiger partial charge on any atom is 0.333 e. The second kappa shape index (κ2) is 6.87. The molecule has 1 heterocycles. The molecule has 1 saturated heterocycles. The number of benzene rings is 2. The van der Waals surface area contributed by atoms with E-state index in [1.165, 1.54) is 0 Å². The molecule has 120 valence electrons. The third-order valence-electron chi connectivity index (χ3n) is 3.64. The molecular weight excluding hydrogens is 306 g/mol. The van der Waals surface area contributed by atoms with Crippen molar-refractivity contribution in [1.29, 1.82) is 0 Å². The SMILES string of the molecule is O=C1NC(=Cc2ccccc2)C(=NCc2ccccc2)C1[N+](=O)[O-]. The van der Waals surface area contributed by atoms with Gasteiger partial charge >= 0.3 is 11.9 Å². The summed E-state index contributed by atoms with van der Waals surface area (Å²) in [7, 11) is 0. The molecule has 1 aliphatic heterocycles. The number of amides is 1. The zero-order valence-corrected chi connectivity index (χ0v) is 12.8. The Morgan fingerprint density at radius 3 is 2.33 bits per heavy atom. The van der Waals surface area contributed by atoms with E-state index in [1.54, 1.807) is 6.08 Å². The van der Waals surface area contributed by atoms with Gasteiger partial charge < -0.3 is 5.32 Å². The Kier molecular flexibility index (Phi) is 4.47. The Labute approximate surface area is 138 Å². The van der Waals surface area contributed by atoms with Crippen molar-refractivity contribution in [3.8, 4) is 0 Å². The van der Waals surface area contributed by atoms with E-state index in [0.717, 1.165) is 11.1 Å². The molecule has 6 nitrogen and oxygen atoms in total. The van der Waals surface area contributed by atoms with E-state index in [2.05, 4.69) is 10.3 Å². The Balaban J connectivity index is 1.96. The number of aliphatic imine (C=N–C) groups is 1. The molecule has 0 radical (unpaired) electrons. The molecule has 3 rings (SSSR count). The maximum absolute atomic E-state index is 12.0. The Hall–Kier alpha value is -3.28. The van der Waals surface area contributed by atoms with Crippen LogP contribution in [0.25, 0.3) is 6.08 Å². The van der Waals surface area contributed by atoms with Crippen LogP contribution in [0.3, 0.4) is 0 Å². The predicted molar refractivity (Wildman–Crippen MR) is 90.9 cm³/mol. The molecule has 0 saturated carbocycles. The molecule has 0 bridgehead atoms. The first kappa shape index (κ1) is 15.6. The van der Waals surface area contributed by atoms with Crippen molar-refractivity contribution in [3.05, 3.63) is 87.6 Å². The number of hydrogen-bond acceptors (Lipinski definition) is 4. The third-order valence-corrected chi connectivity index (χ3v) is 3.64. The van der Waals surface area contributed by atoms with E-state index < -0.39 is 16.9 Å². The molecule has 0 aromatic heterocycles. The molecule has 2 aromatic rings. The molecule has 1 fully saturated rings. The van der Waals surface area contributed by atoms with Gasteiger partial charge in [0.2, 0.25) is 0 Å². The summed E-state index contributed by atoms with van der Waals surface area (Å²) in [6.07, 6.45) is 1.70. The molecule has 6 heteroatoms. The first-order chi connectivity index (χ1) is 11.6. The fourth-order valence-electron chi connectivity index (χ4n) is 2.49. The topological polar surface area (TPSA) is 84.6 Å². The number of hydrogen-bond donors (Lipinski definition) is 1. The Bertz CT molecular complexity index is 814. The summed E-state index contributed by atoms with van der Waals surface area (Å²) >= 11 is 0. The van der Waals surface area contributed by atoms with E-state index in [1.807, 2.05) is 60.7 Å². The van der Waals surface area contributed by atoms with E-state index in [0.29, 0.717) is 5.70 Å². The summed E-state index contributed by atoms with van der Waals surface area (Å²) in [5.41, 5.74) is 2.30. The molecule has 0 aliphatic carbocycles. The van der Waals surface area contributed by atoms with Crippen LogP contribution < -0.4 is 5.32 Å². The zero-order valence-electron chi connectivity index (χ0n) is 12.8. The lowest BCUT2D eigenvalue weighted by molar-refractivity contribution is -0.488. The fourth-order valence-corrected chi connectivity index (χ4v) is 2.49. The van der Waals surface area contributed by atoms with Crippen LogP contribution in [0, 0.1) is 10.1 Å². The van der Waals surface area contributed by atoms with Gasteiger partial charge in [0.25, 0.3) is 0 Å². The van der Waals surface area contributed by atoms with Crippen LogP contribution in [0.2, 0.25) is 0 Å². The van der Waals surface area contributed by atoms with Crippen molar-refractivity contribution in [2.45, 2.75) is 12.6 Å². The highest BCUT2D eigenvalue weighted by Gasteiger charge is 2.44. The number of nitrogens with one attached hydrogen (secondary N) is 1. The maximum atomic E-state index is 12.0. The van der Waals surface area contributed by atoms with Gasteiger partial charge in [0.1, 0.15) is 5.71 Å². The second-order valence-electron chi connectivity index (χ2n) is 5.33. The molecular formula is C18H15N3O3. The highest BCUT2D eigenvalue weighted by molar-refractivity contribution is 6.23. The average molecular weight is 321 g/mol. The minimum Gasteiger partial charge on any atom is -0.318 e. The van der Waals surface area contributed by atoms with Crippen LogP contribution in [0.1, 0.15) is 11.1 Å². The summed E-state index contributed by atoms with van der Waals surface area (Å²) in [6, 6.07) is 17.2. The molecule has 1 amide bonds. The number of nitrogens with zero attached hydrogens (tertiary/aromatic N) is 2. The van der Waals surface area contributed by atoms with Gasteiger partial charge in [-0.15, -0.1) is 0 Å². The first-order valence-electron chi connectivity index (χ1n) is 7.45. The quantitative estimate of drug-likeness (QED) is 0.693. The van der Waals surface area contributed by atoms with Gasteiger partial charge in [0.05, 0.1) is 12.2 Å². The summed E-state index contributed by atoms with van der Waals surface area (Å²) in [5, 5.41) is 13.8. The molecule has 1 aliphatic rings.